The molecule has 0 aromatic carbocycles. The maximum absolute atomic E-state index is 13.0. The lowest BCUT2D eigenvalue weighted by molar-refractivity contribution is -0.196. The molecule has 4 rings (SSSR count). The molecule has 5 nitrogen and oxygen atoms in total. The third kappa shape index (κ3) is 2.73. The van der Waals surface area contributed by atoms with E-state index in [2.05, 4.69) is 6.92 Å². The number of aliphatic hydroxyl groups is 1. The van der Waals surface area contributed by atoms with E-state index in [4.69, 9.17) is 16.3 Å². The minimum absolute atomic E-state index is 0.00788. The molecular formula is C23H29ClO5. The highest BCUT2D eigenvalue weighted by Crippen LogP contribution is 2.67. The van der Waals surface area contributed by atoms with Crippen LogP contribution in [0, 0.1) is 28.6 Å². The maximum atomic E-state index is 13.0. The number of hydrogen-bond acceptors (Lipinski definition) is 5. The second kappa shape index (κ2) is 6.78. The number of ketones is 2. The van der Waals surface area contributed by atoms with Gasteiger partial charge in [-0.25, -0.2) is 0 Å². The van der Waals surface area contributed by atoms with Crippen LogP contribution in [0.2, 0.25) is 0 Å². The van der Waals surface area contributed by atoms with E-state index in [0.29, 0.717) is 12.8 Å². The van der Waals surface area contributed by atoms with Gasteiger partial charge in [-0.1, -0.05) is 25.5 Å². The smallest absolute Gasteiger partial charge is 0.303 e. The van der Waals surface area contributed by atoms with Crippen molar-refractivity contribution in [2.45, 2.75) is 64.6 Å². The summed E-state index contributed by atoms with van der Waals surface area (Å²) in [5, 5.41) is 11.4. The Bertz CT molecular complexity index is 831. The number of fused-ring (bicyclic) bond motifs is 5. The van der Waals surface area contributed by atoms with Crippen LogP contribution < -0.4 is 0 Å². The highest BCUT2D eigenvalue weighted by Gasteiger charge is 2.70. The summed E-state index contributed by atoms with van der Waals surface area (Å²) in [6.45, 7) is 5.43. The lowest BCUT2D eigenvalue weighted by Crippen LogP contribution is -2.62. The molecule has 0 saturated heterocycles. The van der Waals surface area contributed by atoms with Gasteiger partial charge in [-0.15, -0.1) is 11.6 Å². The Hall–Kier alpha value is -1.46. The van der Waals surface area contributed by atoms with Crippen LogP contribution >= 0.6 is 11.6 Å². The van der Waals surface area contributed by atoms with Gasteiger partial charge in [0.05, 0.1) is 12.0 Å². The number of alkyl halides is 1. The molecule has 4 aliphatic rings. The second-order valence-electron chi connectivity index (χ2n) is 9.73. The Morgan fingerprint density at radius 1 is 1.31 bits per heavy atom. The van der Waals surface area contributed by atoms with Gasteiger partial charge in [0, 0.05) is 23.7 Å². The summed E-state index contributed by atoms with van der Waals surface area (Å²) < 4.78 is 5.74. The molecule has 158 valence electrons. The molecule has 0 spiro atoms. The van der Waals surface area contributed by atoms with E-state index in [1.165, 1.54) is 6.92 Å². The second-order valence-corrected chi connectivity index (χ2v) is 10.00. The van der Waals surface area contributed by atoms with Crippen LogP contribution in [0.4, 0.5) is 0 Å². The van der Waals surface area contributed by atoms with Crippen molar-refractivity contribution in [3.63, 3.8) is 0 Å². The monoisotopic (exact) mass is 420 g/mol. The standard InChI is InChI=1S/C23H29ClO5/c1-13(25)29-23(19(28)12-24)9-7-17-16-5-4-14-10-15(26)6-8-21(14,2)20(16)18(27)11-22(17,23)3/h6,8,10,16-18,20,27H,4-5,7,9,11-12H2,1-3H3/t16-,17-,18-,20+,21-,22-,23-/m0/s1. The first-order valence-corrected chi connectivity index (χ1v) is 11.0. The molecule has 0 amide bonds. The van der Waals surface area contributed by atoms with Gasteiger partial charge in [-0.3, -0.25) is 14.4 Å². The van der Waals surface area contributed by atoms with E-state index in [9.17, 15) is 19.5 Å². The van der Waals surface area contributed by atoms with E-state index in [0.717, 1.165) is 24.8 Å². The third-order valence-electron chi connectivity index (χ3n) is 8.51. The number of aliphatic hydroxyl groups excluding tert-OH is 1. The van der Waals surface area contributed by atoms with Crippen molar-refractivity contribution >= 4 is 29.1 Å². The van der Waals surface area contributed by atoms with Crippen molar-refractivity contribution in [2.75, 3.05) is 5.88 Å². The largest absolute Gasteiger partial charge is 0.451 e. The number of esters is 1. The molecule has 0 aromatic heterocycles. The van der Waals surface area contributed by atoms with Crippen LogP contribution in [0.15, 0.2) is 23.8 Å². The molecule has 0 aromatic rings. The van der Waals surface area contributed by atoms with Crippen LogP contribution in [-0.2, 0) is 19.1 Å². The molecule has 0 bridgehead atoms. The summed E-state index contributed by atoms with van der Waals surface area (Å²) >= 11 is 5.95. The number of rotatable bonds is 3. The van der Waals surface area contributed by atoms with Gasteiger partial charge in [-0.05, 0) is 56.1 Å². The molecule has 29 heavy (non-hydrogen) atoms. The molecule has 7 atom stereocenters. The van der Waals surface area contributed by atoms with Crippen LogP contribution in [0.25, 0.3) is 0 Å². The van der Waals surface area contributed by atoms with Crippen molar-refractivity contribution in [1.29, 1.82) is 0 Å². The fraction of sp³-hybridized carbons (Fsp3) is 0.696. The van der Waals surface area contributed by atoms with Crippen molar-refractivity contribution in [2.24, 2.45) is 28.6 Å². The zero-order valence-corrected chi connectivity index (χ0v) is 18.0. The van der Waals surface area contributed by atoms with Gasteiger partial charge in [0.25, 0.3) is 0 Å². The molecule has 3 fully saturated rings. The predicted molar refractivity (Wildman–Crippen MR) is 108 cm³/mol. The average molecular weight is 421 g/mol. The SMILES string of the molecule is CC(=O)O[C@]1(C(=O)CCl)CC[C@H]2[C@@H]3CCC4=CC(=O)C=C[C@]4(C)[C@H]3[C@@H](O)C[C@@]21C. The van der Waals surface area contributed by atoms with E-state index in [1.807, 2.05) is 13.0 Å². The predicted octanol–water partition coefficient (Wildman–Crippen LogP) is 3.37. The zero-order chi connectivity index (χ0) is 21.2. The zero-order valence-electron chi connectivity index (χ0n) is 17.2. The van der Waals surface area contributed by atoms with Gasteiger partial charge in [0.2, 0.25) is 0 Å². The van der Waals surface area contributed by atoms with Crippen molar-refractivity contribution < 1.29 is 24.2 Å². The summed E-state index contributed by atoms with van der Waals surface area (Å²) in [5.74, 6) is -0.657. The van der Waals surface area contributed by atoms with Crippen molar-refractivity contribution in [1.82, 2.24) is 0 Å². The summed E-state index contributed by atoms with van der Waals surface area (Å²) in [4.78, 5) is 36.8. The number of hydrogen-bond donors (Lipinski definition) is 1. The van der Waals surface area contributed by atoms with Crippen LogP contribution in [0.3, 0.4) is 0 Å². The Kier molecular flexibility index (Phi) is 4.86. The van der Waals surface area contributed by atoms with E-state index < -0.39 is 23.1 Å². The lowest BCUT2D eigenvalue weighted by Gasteiger charge is -2.59. The van der Waals surface area contributed by atoms with Gasteiger partial charge in [-0.2, -0.15) is 0 Å². The number of carbonyl (C=O) groups excluding carboxylic acids is 3. The Morgan fingerprint density at radius 2 is 2.03 bits per heavy atom. The summed E-state index contributed by atoms with van der Waals surface area (Å²) in [5.41, 5.74) is -1.19. The Labute approximate surface area is 176 Å². The Balaban J connectivity index is 1.77. The van der Waals surface area contributed by atoms with Crippen LogP contribution in [0.1, 0.15) is 52.9 Å². The maximum Gasteiger partial charge on any atom is 0.303 e. The molecule has 0 heterocycles. The lowest BCUT2D eigenvalue weighted by atomic mass is 9.46. The van der Waals surface area contributed by atoms with Gasteiger partial charge in [0.1, 0.15) is 0 Å². The normalized spacial score (nSPS) is 45.7. The minimum atomic E-state index is -1.27. The molecule has 1 N–H and O–H groups in total. The fourth-order valence-electron chi connectivity index (χ4n) is 7.35. The van der Waals surface area contributed by atoms with E-state index in [1.54, 1.807) is 12.2 Å². The quantitative estimate of drug-likeness (QED) is 0.559. The first-order valence-electron chi connectivity index (χ1n) is 10.5. The van der Waals surface area contributed by atoms with Gasteiger partial charge < -0.3 is 9.84 Å². The van der Waals surface area contributed by atoms with Gasteiger partial charge in [0.15, 0.2) is 17.2 Å². The molecule has 3 saturated carbocycles. The Morgan fingerprint density at radius 3 is 2.69 bits per heavy atom. The third-order valence-corrected chi connectivity index (χ3v) is 8.75. The summed E-state index contributed by atoms with van der Waals surface area (Å²) in [6, 6.07) is 0. The number of ether oxygens (including phenoxy) is 1. The molecule has 0 unspecified atom stereocenters. The van der Waals surface area contributed by atoms with Crippen LogP contribution in [-0.4, -0.2) is 40.2 Å². The molecule has 6 heteroatoms. The average Bonchev–Trinajstić information content (AvgIpc) is 2.93. The number of allylic oxidation sites excluding steroid dienone is 4. The summed E-state index contributed by atoms with van der Waals surface area (Å²) in [6.07, 6.45) is 7.88. The van der Waals surface area contributed by atoms with Gasteiger partial charge >= 0.3 is 5.97 Å². The molecule has 4 aliphatic carbocycles. The minimum Gasteiger partial charge on any atom is -0.451 e. The molecular weight excluding hydrogens is 392 g/mol. The number of halogens is 1. The van der Waals surface area contributed by atoms with E-state index in [-0.39, 0.29) is 40.6 Å². The first-order chi connectivity index (χ1) is 13.6. The van der Waals surface area contributed by atoms with E-state index >= 15 is 0 Å². The number of Topliss-reactive ketones (excluding diaryl/α,β-unsaturated/α-hetero) is 1. The number of carbonyl (C=O) groups is 3. The molecule has 0 aliphatic heterocycles. The first kappa shape index (κ1) is 20.8. The molecule has 0 radical (unpaired) electrons. The fourth-order valence-corrected chi connectivity index (χ4v) is 7.57. The van der Waals surface area contributed by atoms with Crippen molar-refractivity contribution in [3.8, 4) is 0 Å². The van der Waals surface area contributed by atoms with Crippen LogP contribution in [0.5, 0.6) is 0 Å². The topological polar surface area (TPSA) is 80.7 Å². The van der Waals surface area contributed by atoms with Crippen molar-refractivity contribution in [3.05, 3.63) is 23.8 Å². The highest BCUT2D eigenvalue weighted by atomic mass is 35.5. The summed E-state index contributed by atoms with van der Waals surface area (Å²) in [7, 11) is 0. The highest BCUT2D eigenvalue weighted by molar-refractivity contribution is 6.29.